The highest BCUT2D eigenvalue weighted by atomic mass is 16.2. The molecule has 0 atom stereocenters. The van der Waals surface area contributed by atoms with Gasteiger partial charge < -0.3 is 15.6 Å². The first-order valence-corrected chi connectivity index (χ1v) is 12.8. The van der Waals surface area contributed by atoms with E-state index in [2.05, 4.69) is 25.4 Å². The summed E-state index contributed by atoms with van der Waals surface area (Å²) in [4.78, 5) is 39.6. The Balaban J connectivity index is 1.94. The number of hydrogen-bond acceptors (Lipinski definition) is 5. The van der Waals surface area contributed by atoms with Gasteiger partial charge in [-0.1, -0.05) is 55.8 Å². The van der Waals surface area contributed by atoms with Gasteiger partial charge in [0.15, 0.2) is 5.43 Å². The summed E-state index contributed by atoms with van der Waals surface area (Å²) in [6.45, 7) is 11.0. The number of hydrogen-bond donors (Lipinski definition) is 2. The fourth-order valence-corrected chi connectivity index (χ4v) is 4.41. The van der Waals surface area contributed by atoms with Gasteiger partial charge in [0.25, 0.3) is 5.56 Å². The van der Waals surface area contributed by atoms with Crippen LogP contribution >= 0.6 is 0 Å². The minimum absolute atomic E-state index is 0.0280. The number of allylic oxidation sites excluding steroid dienone is 2. The van der Waals surface area contributed by atoms with E-state index < -0.39 is 11.2 Å². The van der Waals surface area contributed by atoms with E-state index >= 15 is 0 Å². The van der Waals surface area contributed by atoms with Crippen molar-refractivity contribution in [3.8, 4) is 0 Å². The van der Waals surface area contributed by atoms with Crippen LogP contribution in [0, 0.1) is 0 Å². The second-order valence-corrected chi connectivity index (χ2v) is 8.97. The summed E-state index contributed by atoms with van der Waals surface area (Å²) in [6.07, 6.45) is 9.05. The number of benzene rings is 1. The Kier molecular flexibility index (Phi) is 9.89. The molecule has 3 rings (SSSR count). The number of aromatic nitrogens is 3. The Morgan fingerprint density at radius 3 is 2.35 bits per heavy atom. The standard InChI is InChI=1S/C29H37N5O3/c1-4-7-15-23-20-25(35)26-27(33(17-5-2)29(37)34(18-6-3)28(26)36)32(23)19-12-11-16-31-21-24(30)22-13-9-8-10-14-22/h5-6,8-10,13-14,20-21,31H,2-4,7,11-12,15-19,30H2,1H3/b24-21-. The first-order chi connectivity index (χ1) is 17.9. The van der Waals surface area contributed by atoms with E-state index in [0.29, 0.717) is 30.9 Å². The number of fused-ring (bicyclic) bond motifs is 1. The quantitative estimate of drug-likeness (QED) is 0.259. The van der Waals surface area contributed by atoms with E-state index in [1.165, 1.54) is 10.6 Å². The molecule has 1 aromatic carbocycles. The SMILES string of the molecule is C=CCn1c(=O)c2c(=O)cc(CCCC)n(CCCCN/C=C(\N)c3ccccc3)c2n(CC=C)c1=O. The van der Waals surface area contributed by atoms with Gasteiger partial charge in [-0.25, -0.2) is 4.79 Å². The molecule has 37 heavy (non-hydrogen) atoms. The molecule has 0 bridgehead atoms. The lowest BCUT2D eigenvalue weighted by Gasteiger charge is -2.21. The van der Waals surface area contributed by atoms with E-state index in [1.54, 1.807) is 18.3 Å². The monoisotopic (exact) mass is 503 g/mol. The van der Waals surface area contributed by atoms with Crippen molar-refractivity contribution in [2.45, 2.75) is 58.7 Å². The summed E-state index contributed by atoms with van der Waals surface area (Å²) >= 11 is 0. The van der Waals surface area contributed by atoms with Crippen molar-refractivity contribution in [2.24, 2.45) is 5.73 Å². The molecule has 8 nitrogen and oxygen atoms in total. The Bertz CT molecular complexity index is 1440. The summed E-state index contributed by atoms with van der Waals surface area (Å²) in [5.74, 6) is 0. The van der Waals surface area contributed by atoms with Crippen LogP contribution in [0.1, 0.15) is 43.9 Å². The maximum absolute atomic E-state index is 13.3. The van der Waals surface area contributed by atoms with Gasteiger partial charge in [-0.15, -0.1) is 13.2 Å². The van der Waals surface area contributed by atoms with Crippen LogP contribution in [-0.2, 0) is 26.1 Å². The largest absolute Gasteiger partial charge is 0.397 e. The number of aryl methyl sites for hydroxylation is 2. The van der Waals surface area contributed by atoms with Crippen LogP contribution in [0.25, 0.3) is 16.7 Å². The molecule has 0 radical (unpaired) electrons. The lowest BCUT2D eigenvalue weighted by Crippen LogP contribution is -2.43. The third kappa shape index (κ3) is 6.39. The number of rotatable bonds is 14. The minimum Gasteiger partial charge on any atom is -0.397 e. The molecule has 0 fully saturated rings. The fraction of sp³-hybridized carbons (Fsp3) is 0.345. The van der Waals surface area contributed by atoms with Crippen LogP contribution in [0.2, 0.25) is 0 Å². The van der Waals surface area contributed by atoms with Crippen molar-refractivity contribution in [3.63, 3.8) is 0 Å². The highest BCUT2D eigenvalue weighted by molar-refractivity contribution is 5.75. The molecule has 2 heterocycles. The van der Waals surface area contributed by atoms with Crippen LogP contribution in [0.15, 0.2) is 82.3 Å². The molecule has 2 aromatic heterocycles. The molecule has 0 aliphatic heterocycles. The Labute approximate surface area is 217 Å². The van der Waals surface area contributed by atoms with Gasteiger partial charge in [0.05, 0.1) is 5.70 Å². The van der Waals surface area contributed by atoms with Gasteiger partial charge in [-0.05, 0) is 31.2 Å². The van der Waals surface area contributed by atoms with Crippen molar-refractivity contribution in [2.75, 3.05) is 6.54 Å². The molecular formula is C29H37N5O3. The average Bonchev–Trinajstić information content (AvgIpc) is 2.90. The molecule has 8 heteroatoms. The summed E-state index contributed by atoms with van der Waals surface area (Å²) in [5.41, 5.74) is 7.55. The van der Waals surface area contributed by atoms with Gasteiger partial charge in [0.1, 0.15) is 11.0 Å². The molecule has 0 aliphatic carbocycles. The number of unbranched alkanes of at least 4 members (excludes halogenated alkanes) is 2. The molecule has 0 saturated heterocycles. The van der Waals surface area contributed by atoms with E-state index in [-0.39, 0.29) is 23.9 Å². The predicted octanol–water partition coefficient (Wildman–Crippen LogP) is 3.37. The zero-order valence-electron chi connectivity index (χ0n) is 21.6. The van der Waals surface area contributed by atoms with E-state index in [1.807, 2.05) is 34.9 Å². The molecule has 0 unspecified atom stereocenters. The lowest BCUT2D eigenvalue weighted by molar-refractivity contribution is 0.559. The third-order valence-corrected chi connectivity index (χ3v) is 6.27. The Morgan fingerprint density at radius 2 is 1.68 bits per heavy atom. The normalized spacial score (nSPS) is 11.5. The summed E-state index contributed by atoms with van der Waals surface area (Å²) in [7, 11) is 0. The fourth-order valence-electron chi connectivity index (χ4n) is 4.41. The molecule has 3 N–H and O–H groups in total. The van der Waals surface area contributed by atoms with Crippen LogP contribution in [0.4, 0.5) is 0 Å². The zero-order valence-corrected chi connectivity index (χ0v) is 21.6. The minimum atomic E-state index is -0.579. The van der Waals surface area contributed by atoms with Crippen LogP contribution in [0.5, 0.6) is 0 Å². The van der Waals surface area contributed by atoms with Crippen molar-refractivity contribution >= 4 is 16.7 Å². The molecule has 0 saturated carbocycles. The average molecular weight is 504 g/mol. The van der Waals surface area contributed by atoms with Gasteiger partial charge in [-0.3, -0.25) is 18.7 Å². The van der Waals surface area contributed by atoms with Crippen molar-refractivity contribution in [1.82, 2.24) is 19.0 Å². The highest BCUT2D eigenvalue weighted by Crippen LogP contribution is 2.14. The van der Waals surface area contributed by atoms with Crippen LogP contribution in [-0.4, -0.2) is 20.2 Å². The first-order valence-electron chi connectivity index (χ1n) is 12.8. The smallest absolute Gasteiger partial charge is 0.333 e. The predicted molar refractivity (Wildman–Crippen MR) is 152 cm³/mol. The van der Waals surface area contributed by atoms with E-state index in [0.717, 1.165) is 41.5 Å². The van der Waals surface area contributed by atoms with E-state index in [4.69, 9.17) is 5.73 Å². The molecule has 196 valence electrons. The maximum Gasteiger partial charge on any atom is 0.333 e. The van der Waals surface area contributed by atoms with Crippen molar-refractivity contribution < 1.29 is 0 Å². The molecule has 0 amide bonds. The number of nitrogens with one attached hydrogen (secondary N) is 1. The van der Waals surface area contributed by atoms with Crippen molar-refractivity contribution in [3.05, 3.63) is 110 Å². The van der Waals surface area contributed by atoms with E-state index in [9.17, 15) is 14.4 Å². The number of nitrogens with zero attached hydrogens (tertiary/aromatic N) is 3. The van der Waals surface area contributed by atoms with Crippen molar-refractivity contribution in [1.29, 1.82) is 0 Å². The first kappa shape index (κ1) is 27.5. The summed E-state index contributed by atoms with van der Waals surface area (Å²) in [5, 5.41) is 3.29. The zero-order chi connectivity index (χ0) is 26.8. The topological polar surface area (TPSA) is 104 Å². The second-order valence-electron chi connectivity index (χ2n) is 8.97. The third-order valence-electron chi connectivity index (χ3n) is 6.27. The number of pyridine rings is 1. The molecule has 0 spiro atoms. The van der Waals surface area contributed by atoms with Gasteiger partial charge in [-0.2, -0.15) is 0 Å². The van der Waals surface area contributed by atoms with Gasteiger partial charge in [0, 0.05) is 44.1 Å². The molecular weight excluding hydrogens is 466 g/mol. The van der Waals surface area contributed by atoms with Gasteiger partial charge >= 0.3 is 5.69 Å². The van der Waals surface area contributed by atoms with Gasteiger partial charge in [0.2, 0.25) is 0 Å². The molecule has 0 aliphatic rings. The Hall–Kier alpha value is -4.07. The number of nitrogens with two attached hydrogens (primary N) is 1. The maximum atomic E-state index is 13.3. The van der Waals surface area contributed by atoms with Crippen LogP contribution < -0.4 is 27.7 Å². The lowest BCUT2D eigenvalue weighted by atomic mass is 10.1. The second kappa shape index (κ2) is 13.3. The summed E-state index contributed by atoms with van der Waals surface area (Å²) in [6, 6.07) is 11.3. The summed E-state index contributed by atoms with van der Waals surface area (Å²) < 4.78 is 4.51. The Morgan fingerprint density at radius 1 is 0.973 bits per heavy atom. The molecule has 3 aromatic rings. The highest BCUT2D eigenvalue weighted by Gasteiger charge is 2.19. The van der Waals surface area contributed by atoms with Crippen LogP contribution in [0.3, 0.4) is 0 Å².